The van der Waals surface area contributed by atoms with Gasteiger partial charge in [0.2, 0.25) is 21.8 Å². The van der Waals surface area contributed by atoms with Crippen LogP contribution < -0.4 is 26.4 Å². The first-order valence-electron chi connectivity index (χ1n) is 21.8. The molecular formula is C46H49ClFN7O11S2. The highest BCUT2D eigenvalue weighted by molar-refractivity contribution is 7.88. The number of ether oxygens (including phenoxy) is 1. The number of benzene rings is 3. The van der Waals surface area contributed by atoms with Crippen molar-refractivity contribution < 1.29 is 51.7 Å². The molecule has 4 amide bonds. The number of nitrogens with zero attached hydrogens (tertiary/aromatic N) is 4. The lowest BCUT2D eigenvalue weighted by molar-refractivity contribution is -0.139. The van der Waals surface area contributed by atoms with Crippen LogP contribution in [0.5, 0.6) is 5.75 Å². The van der Waals surface area contributed by atoms with Crippen LogP contribution in [0, 0.1) is 0 Å². The minimum atomic E-state index is -3.87. The largest absolute Gasteiger partial charge is 0.479 e. The molecular weight excluding hydrogens is 945 g/mol. The minimum absolute atomic E-state index is 0.0174. The molecule has 3 aliphatic heterocycles. The average Bonchev–Trinajstić information content (AvgIpc) is 3.73. The molecule has 5 aromatic rings. The number of anilines is 2. The van der Waals surface area contributed by atoms with E-state index in [9.17, 15) is 42.3 Å². The Kier molecular flexibility index (Phi) is 13.5. The van der Waals surface area contributed by atoms with Gasteiger partial charge in [-0.2, -0.15) is 4.31 Å². The van der Waals surface area contributed by atoms with Gasteiger partial charge in [-0.15, -0.1) is 11.3 Å². The fraction of sp³-hybridized carbons (Fsp3) is 0.391. The van der Waals surface area contributed by atoms with Crippen LogP contribution in [0.3, 0.4) is 0 Å². The van der Waals surface area contributed by atoms with Gasteiger partial charge < -0.3 is 30.5 Å². The van der Waals surface area contributed by atoms with Crippen molar-refractivity contribution in [2.45, 2.75) is 81.4 Å². The van der Waals surface area contributed by atoms with Gasteiger partial charge in [-0.3, -0.25) is 24.0 Å². The van der Waals surface area contributed by atoms with Crippen molar-refractivity contribution >= 4 is 85.2 Å². The Morgan fingerprint density at radius 1 is 0.971 bits per heavy atom. The molecule has 22 heteroatoms. The summed E-state index contributed by atoms with van der Waals surface area (Å²) in [6, 6.07) is 17.3. The van der Waals surface area contributed by atoms with Crippen LogP contribution >= 0.6 is 22.9 Å². The number of thiophene rings is 1. The number of carboxylic acids is 2. The topological polar surface area (TPSA) is 239 Å². The maximum Gasteiger partial charge on any atom is 0.349 e. The van der Waals surface area contributed by atoms with Gasteiger partial charge in [0.25, 0.3) is 0 Å². The molecule has 0 saturated carbocycles. The lowest BCUT2D eigenvalue weighted by Gasteiger charge is -2.45. The summed E-state index contributed by atoms with van der Waals surface area (Å²) in [5.74, 6) is -4.66. The van der Waals surface area contributed by atoms with E-state index in [0.717, 1.165) is 11.3 Å². The van der Waals surface area contributed by atoms with E-state index in [0.29, 0.717) is 63.2 Å². The first-order valence-corrected chi connectivity index (χ1v) is 24.6. The fourth-order valence-corrected chi connectivity index (χ4v) is 12.9. The third kappa shape index (κ3) is 9.83. The molecule has 5 N–H and O–H groups in total. The van der Waals surface area contributed by atoms with Crippen molar-refractivity contribution in [3.8, 4) is 16.2 Å². The maximum atomic E-state index is 15.9. The fourth-order valence-electron chi connectivity index (χ4n) is 9.53. The summed E-state index contributed by atoms with van der Waals surface area (Å²) in [6.45, 7) is 3.19. The van der Waals surface area contributed by atoms with E-state index in [4.69, 9.17) is 21.4 Å². The second-order valence-corrected chi connectivity index (χ2v) is 21.2. The summed E-state index contributed by atoms with van der Waals surface area (Å²) in [6.07, 6.45) is 0.0678. The number of imide groups is 1. The number of carbonyl (C=O) groups excluding carboxylic acids is 3. The molecule has 5 heterocycles. The highest BCUT2D eigenvalue weighted by atomic mass is 35.5. The monoisotopic (exact) mass is 993 g/mol. The number of alkyl halides is 1. The van der Waals surface area contributed by atoms with E-state index in [2.05, 4.69) is 16.0 Å². The van der Waals surface area contributed by atoms with Crippen molar-refractivity contribution in [1.29, 1.82) is 0 Å². The zero-order valence-electron chi connectivity index (χ0n) is 37.2. The van der Waals surface area contributed by atoms with Gasteiger partial charge in [-0.1, -0.05) is 41.9 Å². The number of amides is 4. The quantitative estimate of drug-likeness (QED) is 0.0806. The molecule has 1 unspecified atom stereocenters. The molecule has 8 rings (SSSR count). The van der Waals surface area contributed by atoms with Crippen LogP contribution in [-0.4, -0.2) is 111 Å². The average molecular weight is 995 g/mol. The lowest BCUT2D eigenvalue weighted by Crippen LogP contribution is -2.55. The standard InChI is InChI=1S/C46H49ClFN7O11S2/c1-46(2)21-30(49-29-9-5-7-27(19-29)40-38(47)39(66-23-37(57)58)41(67-40)43(60)61)14-17-54(46)68(64,65)24-25-6-4-8-28(18-25)50-44(62)53-16-15-31(32(48)22-53)26-10-11-33-35(20-26)52(3)45(63)55(33)34-12-13-36(56)51-42(34)59/h4-11,18-20,30-32,34,49H,12-17,21-24H2,1-3H3,(H,50,62)(H,57,58)(H,60,61)(H,51,56,59)/t30-,31+,32-,34?/m0/s1. The van der Waals surface area contributed by atoms with Crippen molar-refractivity contribution in [2.75, 3.05) is 36.9 Å². The Morgan fingerprint density at radius 2 is 1.72 bits per heavy atom. The molecule has 3 saturated heterocycles. The Hall–Kier alpha value is -6.29. The van der Waals surface area contributed by atoms with Crippen LogP contribution in [0.2, 0.25) is 5.02 Å². The molecule has 0 bridgehead atoms. The number of urea groups is 1. The second kappa shape index (κ2) is 19.0. The van der Waals surface area contributed by atoms with Gasteiger partial charge in [0.15, 0.2) is 17.2 Å². The molecule has 18 nitrogen and oxygen atoms in total. The molecule has 4 atom stereocenters. The molecule has 0 spiro atoms. The predicted octanol–water partition coefficient (Wildman–Crippen LogP) is 6.41. The van der Waals surface area contributed by atoms with E-state index in [1.165, 1.54) is 18.3 Å². The van der Waals surface area contributed by atoms with Gasteiger partial charge in [0, 0.05) is 55.4 Å². The molecule has 3 aromatic carbocycles. The summed E-state index contributed by atoms with van der Waals surface area (Å²) in [4.78, 5) is 75.6. The smallest absolute Gasteiger partial charge is 0.349 e. The Bertz CT molecular complexity index is 3030. The number of carbonyl (C=O) groups is 5. The van der Waals surface area contributed by atoms with E-state index >= 15 is 4.39 Å². The van der Waals surface area contributed by atoms with Crippen LogP contribution in [0.15, 0.2) is 71.5 Å². The van der Waals surface area contributed by atoms with E-state index < -0.39 is 75.8 Å². The first-order chi connectivity index (χ1) is 32.2. The SMILES string of the molecule is Cn1c(=O)n(C2CCC(=O)NC2=O)c2ccc([C@H]3CCN(C(=O)Nc4cccc(CS(=O)(=O)N5CC[C@H](Nc6cccc(-c7sc(C(=O)O)c(OCC(=O)O)c7Cl)c6)CC5(C)C)c4)C[C@@H]3F)cc21. The number of imidazole rings is 1. The minimum Gasteiger partial charge on any atom is -0.479 e. The van der Waals surface area contributed by atoms with Crippen LogP contribution in [-0.2, 0) is 37.2 Å². The molecule has 360 valence electrons. The summed E-state index contributed by atoms with van der Waals surface area (Å²) >= 11 is 7.38. The Morgan fingerprint density at radius 3 is 2.43 bits per heavy atom. The number of aromatic carboxylic acids is 1. The van der Waals surface area contributed by atoms with Crippen molar-refractivity contribution in [1.82, 2.24) is 23.7 Å². The summed E-state index contributed by atoms with van der Waals surface area (Å²) < 4.78 is 53.5. The number of aromatic nitrogens is 2. The van der Waals surface area contributed by atoms with Gasteiger partial charge in [0.1, 0.15) is 17.2 Å². The van der Waals surface area contributed by atoms with Crippen molar-refractivity contribution in [3.05, 3.63) is 98.2 Å². The van der Waals surface area contributed by atoms with Crippen LogP contribution in [0.25, 0.3) is 21.5 Å². The van der Waals surface area contributed by atoms with E-state index in [1.54, 1.807) is 67.7 Å². The molecule has 3 fully saturated rings. The molecule has 0 radical (unpaired) electrons. The number of hydrogen-bond acceptors (Lipinski definition) is 11. The Balaban J connectivity index is 0.870. The number of piperidine rings is 3. The number of hydrogen-bond donors (Lipinski definition) is 5. The molecule has 0 aliphatic carbocycles. The third-order valence-electron chi connectivity index (χ3n) is 12.7. The second-order valence-electron chi connectivity index (χ2n) is 17.9. The predicted molar refractivity (Wildman–Crippen MR) is 253 cm³/mol. The summed E-state index contributed by atoms with van der Waals surface area (Å²) in [5, 5.41) is 27.3. The van der Waals surface area contributed by atoms with Gasteiger partial charge >= 0.3 is 23.7 Å². The molecule has 2 aromatic heterocycles. The number of aryl methyl sites for hydroxylation is 1. The first kappa shape index (κ1) is 48.2. The van der Waals surface area contributed by atoms with Crippen molar-refractivity contribution in [3.63, 3.8) is 0 Å². The van der Waals surface area contributed by atoms with Crippen molar-refractivity contribution in [2.24, 2.45) is 7.05 Å². The van der Waals surface area contributed by atoms with E-state index in [1.807, 2.05) is 19.9 Å². The third-order valence-corrected chi connectivity index (χ3v) is 16.4. The molecule has 68 heavy (non-hydrogen) atoms. The lowest BCUT2D eigenvalue weighted by atomic mass is 9.87. The highest BCUT2D eigenvalue weighted by Crippen LogP contribution is 2.46. The summed E-state index contributed by atoms with van der Waals surface area (Å²) in [7, 11) is -2.30. The maximum absolute atomic E-state index is 15.9. The number of halogens is 2. The van der Waals surface area contributed by atoms with E-state index in [-0.39, 0.29) is 59.9 Å². The van der Waals surface area contributed by atoms with Gasteiger partial charge in [-0.05, 0) is 92.6 Å². The van der Waals surface area contributed by atoms with Gasteiger partial charge in [0.05, 0.1) is 28.2 Å². The number of likely N-dealkylation sites (tertiary alicyclic amines) is 1. The zero-order valence-corrected chi connectivity index (χ0v) is 39.6. The zero-order chi connectivity index (χ0) is 48.8. The number of nitrogens with one attached hydrogen (secondary N) is 3. The number of fused-ring (bicyclic) bond motifs is 1. The highest BCUT2D eigenvalue weighted by Gasteiger charge is 2.42. The number of aliphatic carboxylic acids is 1. The van der Waals surface area contributed by atoms with Gasteiger partial charge in [-0.25, -0.2) is 32.0 Å². The molecule has 3 aliphatic rings. The number of sulfonamides is 1. The number of rotatable bonds is 13. The van der Waals surface area contributed by atoms with Crippen LogP contribution in [0.4, 0.5) is 20.6 Å². The number of carboxylic acid groups (broad SMARTS) is 2. The Labute approximate surface area is 398 Å². The summed E-state index contributed by atoms with van der Waals surface area (Å²) in [5.41, 5.74) is 2.48. The normalized spacial score (nSPS) is 21.0. The van der Waals surface area contributed by atoms with Crippen LogP contribution in [0.1, 0.15) is 78.7 Å².